The molecule has 154 valence electrons. The van der Waals surface area contributed by atoms with Gasteiger partial charge in [0.2, 0.25) is 12.7 Å². The van der Waals surface area contributed by atoms with Crippen molar-refractivity contribution in [1.29, 1.82) is 5.26 Å². The largest absolute Gasteiger partial charge is 0.489 e. The Bertz CT molecular complexity index is 1210. The Morgan fingerprint density at radius 2 is 1.71 bits per heavy atom. The van der Waals surface area contributed by atoms with Gasteiger partial charge in [-0.3, -0.25) is 0 Å². The minimum Gasteiger partial charge on any atom is -0.489 e. The summed E-state index contributed by atoms with van der Waals surface area (Å²) in [6, 6.07) is 20.9. The summed E-state index contributed by atoms with van der Waals surface area (Å²) >= 11 is 5.92. The summed E-state index contributed by atoms with van der Waals surface area (Å²) < 4.78 is 22.5. The summed E-state index contributed by atoms with van der Waals surface area (Å²) in [5.41, 5.74) is 9.11. The molecule has 31 heavy (non-hydrogen) atoms. The topological polar surface area (TPSA) is 86.7 Å². The standard InChI is InChI=1S/C24H17ClN2O4/c25-16-5-1-14(2-6-16)12-28-17-7-3-15(4-8-17)23-18-9-21-22(30-13-29-21)10-20(18)31-24(27)19(23)11-26/h1-10,23H,12-13,27H2. The van der Waals surface area contributed by atoms with E-state index in [9.17, 15) is 5.26 Å². The molecule has 0 aliphatic carbocycles. The van der Waals surface area contributed by atoms with Crippen molar-refractivity contribution in [2.75, 3.05) is 6.79 Å². The normalized spacial score (nSPS) is 16.3. The summed E-state index contributed by atoms with van der Waals surface area (Å²) in [6.45, 7) is 0.576. The van der Waals surface area contributed by atoms with Gasteiger partial charge in [-0.15, -0.1) is 0 Å². The van der Waals surface area contributed by atoms with Crippen molar-refractivity contribution in [2.45, 2.75) is 12.5 Å². The van der Waals surface area contributed by atoms with Gasteiger partial charge in [0, 0.05) is 16.7 Å². The average molecular weight is 433 g/mol. The first-order chi connectivity index (χ1) is 15.1. The van der Waals surface area contributed by atoms with E-state index in [0.717, 1.165) is 16.7 Å². The zero-order chi connectivity index (χ0) is 21.4. The van der Waals surface area contributed by atoms with E-state index in [4.69, 9.17) is 36.3 Å². The summed E-state index contributed by atoms with van der Waals surface area (Å²) in [7, 11) is 0. The third kappa shape index (κ3) is 3.60. The van der Waals surface area contributed by atoms with E-state index < -0.39 is 0 Å². The molecule has 2 aliphatic rings. The zero-order valence-corrected chi connectivity index (χ0v) is 17.1. The van der Waals surface area contributed by atoms with E-state index in [-0.39, 0.29) is 18.6 Å². The maximum atomic E-state index is 9.74. The average Bonchev–Trinajstić information content (AvgIpc) is 3.24. The minimum atomic E-state index is -0.381. The Labute approximate surface area is 184 Å². The van der Waals surface area contributed by atoms with Crippen molar-refractivity contribution in [1.82, 2.24) is 0 Å². The Hall–Kier alpha value is -3.82. The van der Waals surface area contributed by atoms with E-state index in [1.54, 1.807) is 6.07 Å². The highest BCUT2D eigenvalue weighted by atomic mass is 35.5. The molecule has 7 heteroatoms. The van der Waals surface area contributed by atoms with Crippen molar-refractivity contribution in [3.8, 4) is 29.1 Å². The highest BCUT2D eigenvalue weighted by Crippen LogP contribution is 2.47. The molecule has 0 radical (unpaired) electrons. The van der Waals surface area contributed by atoms with Gasteiger partial charge < -0.3 is 24.7 Å². The van der Waals surface area contributed by atoms with Crippen LogP contribution in [0.4, 0.5) is 0 Å². The number of ether oxygens (including phenoxy) is 4. The molecule has 0 bridgehead atoms. The van der Waals surface area contributed by atoms with Gasteiger partial charge in [0.25, 0.3) is 0 Å². The molecule has 0 amide bonds. The Balaban J connectivity index is 1.43. The molecule has 5 rings (SSSR count). The van der Waals surface area contributed by atoms with Gasteiger partial charge in [-0.1, -0.05) is 35.9 Å². The fourth-order valence-electron chi connectivity index (χ4n) is 3.69. The first kappa shape index (κ1) is 19.2. The van der Waals surface area contributed by atoms with Crippen LogP contribution in [0.25, 0.3) is 0 Å². The van der Waals surface area contributed by atoms with Gasteiger partial charge in [0.05, 0.1) is 5.92 Å². The number of rotatable bonds is 4. The first-order valence-electron chi connectivity index (χ1n) is 9.60. The van der Waals surface area contributed by atoms with Gasteiger partial charge in [-0.2, -0.15) is 5.26 Å². The van der Waals surface area contributed by atoms with Crippen LogP contribution in [0.3, 0.4) is 0 Å². The molecule has 0 saturated carbocycles. The number of hydrogen-bond acceptors (Lipinski definition) is 6. The Morgan fingerprint density at radius 1 is 1.00 bits per heavy atom. The van der Waals surface area contributed by atoms with Crippen molar-refractivity contribution in [3.05, 3.63) is 93.8 Å². The van der Waals surface area contributed by atoms with E-state index in [1.165, 1.54) is 0 Å². The van der Waals surface area contributed by atoms with E-state index in [2.05, 4.69) is 6.07 Å². The number of fused-ring (bicyclic) bond motifs is 2. The molecule has 2 aliphatic heterocycles. The lowest BCUT2D eigenvalue weighted by Crippen LogP contribution is -2.21. The number of allylic oxidation sites excluding steroid dienone is 1. The maximum Gasteiger partial charge on any atom is 0.231 e. The number of halogens is 1. The summed E-state index contributed by atoms with van der Waals surface area (Å²) in [6.07, 6.45) is 0. The summed E-state index contributed by atoms with van der Waals surface area (Å²) in [4.78, 5) is 0. The molecule has 6 nitrogen and oxygen atoms in total. The maximum absolute atomic E-state index is 9.74. The third-order valence-electron chi connectivity index (χ3n) is 5.24. The van der Waals surface area contributed by atoms with E-state index >= 15 is 0 Å². The van der Waals surface area contributed by atoms with Crippen LogP contribution < -0.4 is 24.7 Å². The van der Waals surface area contributed by atoms with Crippen LogP contribution in [-0.2, 0) is 6.61 Å². The molecular weight excluding hydrogens is 416 g/mol. The smallest absolute Gasteiger partial charge is 0.231 e. The van der Waals surface area contributed by atoms with Crippen LogP contribution in [0.2, 0.25) is 5.02 Å². The Kier molecular flexibility index (Phi) is 4.81. The van der Waals surface area contributed by atoms with Gasteiger partial charge >= 0.3 is 0 Å². The lowest BCUT2D eigenvalue weighted by Gasteiger charge is -2.26. The molecule has 0 saturated heterocycles. The summed E-state index contributed by atoms with van der Waals surface area (Å²) in [5, 5.41) is 10.4. The molecule has 0 spiro atoms. The second-order valence-electron chi connectivity index (χ2n) is 7.15. The predicted molar refractivity (Wildman–Crippen MR) is 114 cm³/mol. The fraction of sp³-hybridized carbons (Fsp3) is 0.125. The molecule has 0 aromatic heterocycles. The first-order valence-corrected chi connectivity index (χ1v) is 9.98. The van der Waals surface area contributed by atoms with Crippen LogP contribution in [0.15, 0.2) is 72.1 Å². The molecule has 1 atom stereocenters. The van der Waals surface area contributed by atoms with E-state index in [1.807, 2.05) is 54.6 Å². The van der Waals surface area contributed by atoms with E-state index in [0.29, 0.717) is 40.2 Å². The van der Waals surface area contributed by atoms with Gasteiger partial charge in [-0.25, -0.2) is 0 Å². The third-order valence-corrected chi connectivity index (χ3v) is 5.49. The van der Waals surface area contributed by atoms with Crippen LogP contribution in [-0.4, -0.2) is 6.79 Å². The van der Waals surface area contributed by atoms with Crippen molar-refractivity contribution < 1.29 is 18.9 Å². The number of nitriles is 1. The number of benzene rings is 3. The molecule has 1 unspecified atom stereocenters. The quantitative estimate of drug-likeness (QED) is 0.633. The van der Waals surface area contributed by atoms with Gasteiger partial charge in [0.15, 0.2) is 11.5 Å². The van der Waals surface area contributed by atoms with Crippen molar-refractivity contribution in [3.63, 3.8) is 0 Å². The van der Waals surface area contributed by atoms with Crippen LogP contribution in [0, 0.1) is 11.3 Å². The molecule has 3 aromatic rings. The molecular formula is C24H17ClN2O4. The number of nitrogens with zero attached hydrogens (tertiary/aromatic N) is 1. The highest BCUT2D eigenvalue weighted by Gasteiger charge is 2.33. The molecule has 3 aromatic carbocycles. The lowest BCUT2D eigenvalue weighted by molar-refractivity contribution is 0.174. The van der Waals surface area contributed by atoms with Crippen LogP contribution >= 0.6 is 11.6 Å². The zero-order valence-electron chi connectivity index (χ0n) is 16.3. The van der Waals surface area contributed by atoms with Crippen molar-refractivity contribution >= 4 is 11.6 Å². The number of nitrogens with two attached hydrogens (primary N) is 1. The SMILES string of the molecule is N#CC1=C(N)Oc2cc3c(cc2C1c1ccc(OCc2ccc(Cl)cc2)cc1)OCO3. The summed E-state index contributed by atoms with van der Waals surface area (Å²) in [5.74, 6) is 2.18. The highest BCUT2D eigenvalue weighted by molar-refractivity contribution is 6.30. The second kappa shape index (κ2) is 7.78. The van der Waals surface area contributed by atoms with Crippen LogP contribution in [0.1, 0.15) is 22.6 Å². The predicted octanol–water partition coefficient (Wildman–Crippen LogP) is 4.87. The fourth-order valence-corrected chi connectivity index (χ4v) is 3.82. The molecule has 0 fully saturated rings. The van der Waals surface area contributed by atoms with Crippen molar-refractivity contribution in [2.24, 2.45) is 5.73 Å². The molecule has 2 N–H and O–H groups in total. The Morgan fingerprint density at radius 3 is 2.42 bits per heavy atom. The minimum absolute atomic E-state index is 0.0851. The lowest BCUT2D eigenvalue weighted by atomic mass is 9.83. The van der Waals surface area contributed by atoms with Gasteiger partial charge in [-0.05, 0) is 41.5 Å². The monoisotopic (exact) mass is 432 g/mol. The second-order valence-corrected chi connectivity index (χ2v) is 7.59. The molecule has 2 heterocycles. The van der Waals surface area contributed by atoms with Crippen LogP contribution in [0.5, 0.6) is 23.0 Å². The van der Waals surface area contributed by atoms with Gasteiger partial charge in [0.1, 0.15) is 29.7 Å². The number of hydrogen-bond donors (Lipinski definition) is 1.